The topological polar surface area (TPSA) is 68.5 Å². The van der Waals surface area contributed by atoms with Gasteiger partial charge in [-0.1, -0.05) is 27.5 Å². The van der Waals surface area contributed by atoms with E-state index in [4.69, 9.17) is 11.6 Å². The molecule has 1 aliphatic carbocycles. The van der Waals surface area contributed by atoms with Gasteiger partial charge in [-0.3, -0.25) is 15.2 Å². The van der Waals surface area contributed by atoms with Crippen LogP contribution in [0.2, 0.25) is 5.02 Å². The van der Waals surface area contributed by atoms with Gasteiger partial charge in [0.15, 0.2) is 0 Å². The van der Waals surface area contributed by atoms with Crippen LogP contribution in [0.4, 0.5) is 0 Å². The number of likely N-dealkylation sites (tertiary alicyclic amines) is 1. The lowest BCUT2D eigenvalue weighted by molar-refractivity contribution is -0.911. The van der Waals surface area contributed by atoms with Crippen LogP contribution in [0.15, 0.2) is 57.9 Å². The molecule has 5 rings (SSSR count). The Hall–Kier alpha value is -2.16. The first-order valence-electron chi connectivity index (χ1n) is 11.7. The zero-order chi connectivity index (χ0) is 24.7. The molecule has 0 saturated carbocycles. The third-order valence-corrected chi connectivity index (χ3v) is 8.49. The Morgan fingerprint density at radius 2 is 1.74 bits per heavy atom. The molecular formula is C26H26Br2ClN3O3+2. The molecule has 0 bridgehead atoms. The van der Waals surface area contributed by atoms with Crippen molar-refractivity contribution in [2.24, 2.45) is 5.92 Å². The van der Waals surface area contributed by atoms with E-state index in [-0.39, 0.29) is 17.7 Å². The van der Waals surface area contributed by atoms with Gasteiger partial charge in [-0.15, -0.1) is 0 Å². The van der Waals surface area contributed by atoms with Crippen molar-refractivity contribution in [2.75, 3.05) is 13.1 Å². The summed E-state index contributed by atoms with van der Waals surface area (Å²) < 4.78 is 4.05. The summed E-state index contributed by atoms with van der Waals surface area (Å²) in [5.41, 5.74) is 5.30. The smallest absolute Gasteiger partial charge is 0.245 e. The van der Waals surface area contributed by atoms with Crippen molar-refractivity contribution in [2.45, 2.75) is 38.0 Å². The molecule has 1 atom stereocenters. The number of pyridine rings is 2. The van der Waals surface area contributed by atoms with Crippen LogP contribution in [0.3, 0.4) is 0 Å². The van der Waals surface area contributed by atoms with E-state index in [2.05, 4.69) is 37.9 Å². The van der Waals surface area contributed by atoms with Crippen LogP contribution in [-0.2, 0) is 24.1 Å². The number of piperidine rings is 1. The molecule has 9 heteroatoms. The zero-order valence-electron chi connectivity index (χ0n) is 19.0. The van der Waals surface area contributed by atoms with Crippen LogP contribution >= 0.6 is 43.5 Å². The van der Waals surface area contributed by atoms with E-state index in [9.17, 15) is 15.2 Å². The normalized spacial score (nSPS) is 18.0. The van der Waals surface area contributed by atoms with E-state index in [0.717, 1.165) is 56.2 Å². The van der Waals surface area contributed by atoms with Gasteiger partial charge in [0.05, 0.1) is 16.8 Å². The number of carbonyl (C=O) groups is 1. The van der Waals surface area contributed by atoms with Crippen LogP contribution in [0, 0.1) is 5.92 Å². The molecule has 1 fully saturated rings. The van der Waals surface area contributed by atoms with Crippen LogP contribution in [0.25, 0.3) is 0 Å². The van der Waals surface area contributed by atoms with Crippen LogP contribution in [0.5, 0.6) is 0 Å². The average Bonchev–Trinajstić information content (AvgIpc) is 2.98. The van der Waals surface area contributed by atoms with Crippen molar-refractivity contribution in [1.29, 1.82) is 0 Å². The highest BCUT2D eigenvalue weighted by atomic mass is 79.9. The second-order valence-corrected chi connectivity index (χ2v) is 11.5. The lowest BCUT2D eigenvalue weighted by atomic mass is 9.76. The first-order chi connectivity index (χ1) is 16.8. The summed E-state index contributed by atoms with van der Waals surface area (Å²) in [6, 6.07) is 9.60. The average molecular weight is 624 g/mol. The highest BCUT2D eigenvalue weighted by Crippen LogP contribution is 2.45. The Bertz CT molecular complexity index is 1220. The molecule has 1 unspecified atom stereocenters. The van der Waals surface area contributed by atoms with Gasteiger partial charge in [-0.05, 0) is 82.4 Å². The Kier molecular flexibility index (Phi) is 7.06. The molecule has 3 aromatic rings. The summed E-state index contributed by atoms with van der Waals surface area (Å²) in [6.45, 7) is 1.34. The van der Waals surface area contributed by atoms with E-state index >= 15 is 0 Å². The monoisotopic (exact) mass is 621 g/mol. The van der Waals surface area contributed by atoms with Gasteiger partial charge in [-0.2, -0.15) is 0 Å². The molecule has 1 saturated heterocycles. The minimum atomic E-state index is -0.0152. The largest absolute Gasteiger partial charge is 0.342 e. The summed E-state index contributed by atoms with van der Waals surface area (Å²) in [6.07, 6.45) is 8.41. The minimum absolute atomic E-state index is 0.0152. The Labute approximate surface area is 225 Å². The summed E-state index contributed by atoms with van der Waals surface area (Å²) in [7, 11) is 0. The fourth-order valence-corrected chi connectivity index (χ4v) is 7.14. The van der Waals surface area contributed by atoms with Crippen LogP contribution in [0.1, 0.15) is 46.7 Å². The molecular weight excluding hydrogens is 598 g/mol. The SMILES string of the molecule is O=C(Cc1cc[n+](O)cc1)N1CCC(C2c3c(Br)cc(Cl)cc3CCc3cc(Br)c[n+](O)c32)CC1. The first kappa shape index (κ1) is 24.5. The Morgan fingerprint density at radius 3 is 2.46 bits per heavy atom. The van der Waals surface area contributed by atoms with Gasteiger partial charge >= 0.3 is 0 Å². The molecule has 3 heterocycles. The summed E-state index contributed by atoms with van der Waals surface area (Å²) in [5, 5.41) is 21.1. The molecule has 1 aliphatic heterocycles. The number of rotatable bonds is 3. The maximum Gasteiger partial charge on any atom is 0.245 e. The van der Waals surface area contributed by atoms with E-state index in [0.29, 0.717) is 24.5 Å². The molecule has 2 aliphatic rings. The number of aromatic nitrogens is 2. The highest BCUT2D eigenvalue weighted by molar-refractivity contribution is 9.10. The van der Waals surface area contributed by atoms with E-state index in [1.165, 1.54) is 28.3 Å². The summed E-state index contributed by atoms with van der Waals surface area (Å²) in [5.74, 6) is 0.338. The fourth-order valence-electron chi connectivity index (χ4n) is 5.55. The quantitative estimate of drug-likeness (QED) is 0.331. The first-order valence-corrected chi connectivity index (χ1v) is 13.6. The van der Waals surface area contributed by atoms with Gasteiger partial charge in [0.2, 0.25) is 30.2 Å². The van der Waals surface area contributed by atoms with Crippen molar-refractivity contribution < 1.29 is 24.7 Å². The molecule has 6 nitrogen and oxygen atoms in total. The molecule has 182 valence electrons. The number of hydrogen-bond donors (Lipinski definition) is 2. The second-order valence-electron chi connectivity index (χ2n) is 9.33. The molecule has 35 heavy (non-hydrogen) atoms. The predicted molar refractivity (Wildman–Crippen MR) is 137 cm³/mol. The number of amides is 1. The maximum atomic E-state index is 13.0. The molecule has 1 amide bonds. The minimum Gasteiger partial charge on any atom is -0.342 e. The number of nitrogens with zero attached hydrogens (tertiary/aromatic N) is 3. The molecule has 2 N–H and O–H groups in total. The van der Waals surface area contributed by atoms with Crippen molar-refractivity contribution in [1.82, 2.24) is 4.90 Å². The molecule has 1 aromatic carbocycles. The van der Waals surface area contributed by atoms with Gasteiger partial charge in [0.1, 0.15) is 0 Å². The van der Waals surface area contributed by atoms with Gasteiger partial charge in [-0.25, -0.2) is 0 Å². The molecule has 0 radical (unpaired) electrons. The third kappa shape index (κ3) is 5.06. The Balaban J connectivity index is 1.43. The summed E-state index contributed by atoms with van der Waals surface area (Å²) in [4.78, 5) is 14.9. The number of fused-ring (bicyclic) bond motifs is 2. The maximum absolute atomic E-state index is 13.0. The lowest BCUT2D eigenvalue weighted by Crippen LogP contribution is -2.44. The number of benzene rings is 1. The third-order valence-electron chi connectivity index (χ3n) is 7.18. The fraction of sp³-hybridized carbons (Fsp3) is 0.346. The van der Waals surface area contributed by atoms with E-state index < -0.39 is 0 Å². The zero-order valence-corrected chi connectivity index (χ0v) is 22.9. The summed E-state index contributed by atoms with van der Waals surface area (Å²) >= 11 is 13.7. The van der Waals surface area contributed by atoms with Gasteiger partial charge < -0.3 is 4.90 Å². The van der Waals surface area contributed by atoms with Crippen LogP contribution < -0.4 is 9.46 Å². The van der Waals surface area contributed by atoms with E-state index in [1.54, 1.807) is 18.3 Å². The number of carbonyl (C=O) groups excluding carboxylic acids is 1. The van der Waals surface area contributed by atoms with E-state index in [1.807, 2.05) is 17.0 Å². The van der Waals surface area contributed by atoms with Gasteiger partial charge in [0, 0.05) is 49.7 Å². The number of aryl methyl sites for hydroxylation is 2. The lowest BCUT2D eigenvalue weighted by Gasteiger charge is -2.36. The van der Waals surface area contributed by atoms with Crippen molar-refractivity contribution >= 4 is 49.4 Å². The van der Waals surface area contributed by atoms with Crippen molar-refractivity contribution in [3.63, 3.8) is 0 Å². The van der Waals surface area contributed by atoms with Crippen LogP contribution in [-0.4, -0.2) is 34.3 Å². The molecule has 0 spiro atoms. The highest BCUT2D eigenvalue weighted by Gasteiger charge is 2.41. The van der Waals surface area contributed by atoms with Crippen molar-refractivity contribution in [3.05, 3.63) is 90.8 Å². The molecule has 2 aromatic heterocycles. The van der Waals surface area contributed by atoms with Gasteiger partial charge in [0.25, 0.3) is 0 Å². The number of halogens is 3. The standard InChI is InChI=1S/C26H26Br2ClN3O3/c27-20-12-19-2-1-18-13-21(29)14-22(28)24(18)25(26(19)32(35)15-20)17-5-7-30(8-6-17)23(33)11-16-3-9-31(34)10-4-16/h3-4,9-10,12-15,17,25,34-35H,1-2,5-8,11H2/q+2. The number of hydrogen-bond acceptors (Lipinski definition) is 3. The second kappa shape index (κ2) is 10.1. The van der Waals surface area contributed by atoms with Crippen molar-refractivity contribution in [3.8, 4) is 0 Å². The Morgan fingerprint density at radius 1 is 1.06 bits per heavy atom. The predicted octanol–water partition coefficient (Wildman–Crippen LogP) is 4.63.